The molecule has 0 bridgehead atoms. The summed E-state index contributed by atoms with van der Waals surface area (Å²) in [7, 11) is 0. The number of ether oxygens (including phenoxy) is 1. The number of para-hydroxylation sites is 1. The fourth-order valence-corrected chi connectivity index (χ4v) is 2.00. The molecule has 0 unspecified atom stereocenters. The second-order valence-corrected chi connectivity index (χ2v) is 5.34. The summed E-state index contributed by atoms with van der Waals surface area (Å²) in [5.41, 5.74) is 0.381. The van der Waals surface area contributed by atoms with E-state index in [9.17, 15) is 9.59 Å². The summed E-state index contributed by atoms with van der Waals surface area (Å²) in [4.78, 5) is 23.4. The van der Waals surface area contributed by atoms with E-state index in [1.807, 2.05) is 0 Å². The monoisotopic (exact) mass is 352 g/mol. The molecule has 0 spiro atoms. The van der Waals surface area contributed by atoms with Crippen LogP contribution in [0, 0.1) is 0 Å². The Balaban J connectivity index is 1.73. The minimum Gasteiger partial charge on any atom is -0.492 e. The number of anilines is 1. The Kier molecular flexibility index (Phi) is 6.26. The van der Waals surface area contributed by atoms with Gasteiger partial charge < -0.3 is 15.4 Å². The molecule has 2 amide bonds. The SMILES string of the molecule is O=C(NCCOc1ccc(Cl)cc1)C(=O)Nc1ccccc1Cl. The molecule has 0 saturated heterocycles. The van der Waals surface area contributed by atoms with E-state index in [2.05, 4.69) is 10.6 Å². The minimum absolute atomic E-state index is 0.192. The Morgan fingerprint density at radius 1 is 0.957 bits per heavy atom. The largest absolute Gasteiger partial charge is 0.492 e. The molecule has 120 valence electrons. The van der Waals surface area contributed by atoms with Gasteiger partial charge >= 0.3 is 11.8 Å². The van der Waals surface area contributed by atoms with Crippen molar-refractivity contribution in [1.29, 1.82) is 0 Å². The predicted octanol–water partition coefficient (Wildman–Crippen LogP) is 3.13. The third kappa shape index (κ3) is 5.47. The molecule has 5 nitrogen and oxygen atoms in total. The third-order valence-electron chi connectivity index (χ3n) is 2.80. The van der Waals surface area contributed by atoms with Crippen LogP contribution in [0.5, 0.6) is 5.75 Å². The molecule has 0 saturated carbocycles. The molecule has 7 heteroatoms. The van der Waals surface area contributed by atoms with E-state index in [0.29, 0.717) is 21.5 Å². The summed E-state index contributed by atoms with van der Waals surface area (Å²) >= 11 is 11.7. The first kappa shape index (κ1) is 17.1. The van der Waals surface area contributed by atoms with Gasteiger partial charge in [-0.1, -0.05) is 35.3 Å². The molecule has 0 aromatic heterocycles. The van der Waals surface area contributed by atoms with Crippen LogP contribution < -0.4 is 15.4 Å². The Bertz CT molecular complexity index is 690. The Hall–Kier alpha value is -2.24. The molecule has 0 aliphatic heterocycles. The zero-order chi connectivity index (χ0) is 16.7. The van der Waals surface area contributed by atoms with Gasteiger partial charge in [-0.25, -0.2) is 0 Å². The summed E-state index contributed by atoms with van der Waals surface area (Å²) in [6.07, 6.45) is 0. The van der Waals surface area contributed by atoms with Gasteiger partial charge in [0.15, 0.2) is 0 Å². The Morgan fingerprint density at radius 2 is 1.65 bits per heavy atom. The first-order valence-electron chi connectivity index (χ1n) is 6.78. The van der Waals surface area contributed by atoms with Crippen LogP contribution >= 0.6 is 23.2 Å². The number of benzene rings is 2. The number of carbonyl (C=O) groups is 2. The molecule has 2 aromatic carbocycles. The van der Waals surface area contributed by atoms with Gasteiger partial charge in [-0.05, 0) is 36.4 Å². The van der Waals surface area contributed by atoms with Crippen molar-refractivity contribution < 1.29 is 14.3 Å². The van der Waals surface area contributed by atoms with Crippen molar-refractivity contribution in [3.63, 3.8) is 0 Å². The molecule has 23 heavy (non-hydrogen) atoms. The van der Waals surface area contributed by atoms with Gasteiger partial charge in [0.25, 0.3) is 0 Å². The molecule has 0 aliphatic rings. The number of nitrogens with one attached hydrogen (secondary N) is 2. The maximum Gasteiger partial charge on any atom is 0.313 e. The highest BCUT2D eigenvalue weighted by Crippen LogP contribution is 2.20. The van der Waals surface area contributed by atoms with Gasteiger partial charge in [-0.3, -0.25) is 9.59 Å². The number of hydrogen-bond acceptors (Lipinski definition) is 3. The zero-order valence-corrected chi connectivity index (χ0v) is 13.5. The third-order valence-corrected chi connectivity index (χ3v) is 3.38. The molecule has 0 aliphatic carbocycles. The van der Waals surface area contributed by atoms with Crippen LogP contribution in [0.3, 0.4) is 0 Å². The maximum atomic E-state index is 11.7. The van der Waals surface area contributed by atoms with Gasteiger partial charge in [0, 0.05) is 5.02 Å². The first-order chi connectivity index (χ1) is 11.1. The van der Waals surface area contributed by atoms with E-state index < -0.39 is 11.8 Å². The van der Waals surface area contributed by atoms with E-state index in [-0.39, 0.29) is 13.2 Å². The van der Waals surface area contributed by atoms with Crippen LogP contribution in [0.4, 0.5) is 5.69 Å². The van der Waals surface area contributed by atoms with Crippen LogP contribution in [-0.4, -0.2) is 25.0 Å². The molecule has 2 rings (SSSR count). The smallest absolute Gasteiger partial charge is 0.313 e. The Morgan fingerprint density at radius 3 is 2.35 bits per heavy atom. The van der Waals surface area contributed by atoms with Crippen molar-refractivity contribution in [2.45, 2.75) is 0 Å². The van der Waals surface area contributed by atoms with Gasteiger partial charge in [-0.15, -0.1) is 0 Å². The van der Waals surface area contributed by atoms with Gasteiger partial charge in [-0.2, -0.15) is 0 Å². The lowest BCUT2D eigenvalue weighted by atomic mass is 10.3. The molecule has 2 aromatic rings. The molecule has 2 N–H and O–H groups in total. The summed E-state index contributed by atoms with van der Waals surface area (Å²) in [5, 5.41) is 5.87. The van der Waals surface area contributed by atoms with E-state index in [1.165, 1.54) is 0 Å². The maximum absolute atomic E-state index is 11.7. The Labute approximate surface area is 143 Å². The van der Waals surface area contributed by atoms with Crippen molar-refractivity contribution in [2.75, 3.05) is 18.5 Å². The fraction of sp³-hybridized carbons (Fsp3) is 0.125. The lowest BCUT2D eigenvalue weighted by molar-refractivity contribution is -0.136. The van der Waals surface area contributed by atoms with Crippen molar-refractivity contribution in [3.05, 3.63) is 58.6 Å². The van der Waals surface area contributed by atoms with Crippen LogP contribution in [-0.2, 0) is 9.59 Å². The molecular weight excluding hydrogens is 339 g/mol. The van der Waals surface area contributed by atoms with Crippen molar-refractivity contribution in [2.24, 2.45) is 0 Å². The summed E-state index contributed by atoms with van der Waals surface area (Å²) in [6.45, 7) is 0.421. The second-order valence-electron chi connectivity index (χ2n) is 4.49. The molecule has 0 fully saturated rings. The summed E-state index contributed by atoms with van der Waals surface area (Å²) in [5.74, 6) is -0.918. The van der Waals surface area contributed by atoms with E-state index in [4.69, 9.17) is 27.9 Å². The van der Waals surface area contributed by atoms with Gasteiger partial charge in [0.1, 0.15) is 12.4 Å². The quantitative estimate of drug-likeness (QED) is 0.641. The molecule has 0 radical (unpaired) electrons. The topological polar surface area (TPSA) is 67.4 Å². The number of rotatable bonds is 5. The lowest BCUT2D eigenvalue weighted by Gasteiger charge is -2.09. The molecule has 0 heterocycles. The predicted molar refractivity (Wildman–Crippen MR) is 90.0 cm³/mol. The van der Waals surface area contributed by atoms with Gasteiger partial charge in [0.2, 0.25) is 0 Å². The average molecular weight is 353 g/mol. The van der Waals surface area contributed by atoms with Crippen LogP contribution in [0.25, 0.3) is 0 Å². The number of amides is 2. The van der Waals surface area contributed by atoms with Crippen LogP contribution in [0.1, 0.15) is 0 Å². The van der Waals surface area contributed by atoms with Crippen LogP contribution in [0.2, 0.25) is 10.0 Å². The standard InChI is InChI=1S/C16H14Cl2N2O3/c17-11-5-7-12(8-6-11)23-10-9-19-15(21)16(22)20-14-4-2-1-3-13(14)18/h1-8H,9-10H2,(H,19,21)(H,20,22). The van der Waals surface area contributed by atoms with Crippen molar-refractivity contribution in [3.8, 4) is 5.75 Å². The van der Waals surface area contributed by atoms with Crippen molar-refractivity contribution in [1.82, 2.24) is 5.32 Å². The summed E-state index contributed by atoms with van der Waals surface area (Å²) in [6, 6.07) is 13.5. The first-order valence-corrected chi connectivity index (χ1v) is 7.54. The molecular formula is C16H14Cl2N2O3. The van der Waals surface area contributed by atoms with Crippen LogP contribution in [0.15, 0.2) is 48.5 Å². The zero-order valence-electron chi connectivity index (χ0n) is 12.0. The molecule has 0 atom stereocenters. The van der Waals surface area contributed by atoms with Crippen molar-refractivity contribution >= 4 is 40.7 Å². The highest BCUT2D eigenvalue weighted by atomic mass is 35.5. The normalized spacial score (nSPS) is 10.0. The van der Waals surface area contributed by atoms with E-state index in [0.717, 1.165) is 0 Å². The summed E-state index contributed by atoms with van der Waals surface area (Å²) < 4.78 is 5.40. The number of halogens is 2. The highest BCUT2D eigenvalue weighted by Gasteiger charge is 2.14. The number of carbonyl (C=O) groups excluding carboxylic acids is 2. The highest BCUT2D eigenvalue weighted by molar-refractivity contribution is 6.41. The average Bonchev–Trinajstić information content (AvgIpc) is 2.55. The van der Waals surface area contributed by atoms with E-state index >= 15 is 0 Å². The lowest BCUT2D eigenvalue weighted by Crippen LogP contribution is -2.37. The van der Waals surface area contributed by atoms with Gasteiger partial charge in [0.05, 0.1) is 17.3 Å². The minimum atomic E-state index is -0.787. The number of hydrogen-bond donors (Lipinski definition) is 2. The fourth-order valence-electron chi connectivity index (χ4n) is 1.69. The van der Waals surface area contributed by atoms with E-state index in [1.54, 1.807) is 48.5 Å². The second kappa shape index (κ2) is 8.41.